The highest BCUT2D eigenvalue weighted by Gasteiger charge is 2.20. The van der Waals surface area contributed by atoms with Crippen LogP contribution in [0.2, 0.25) is 0 Å². The van der Waals surface area contributed by atoms with Crippen LogP contribution < -0.4 is 0 Å². The summed E-state index contributed by atoms with van der Waals surface area (Å²) in [4.78, 5) is 0. The number of hydrogen-bond donors (Lipinski definition) is 0. The Labute approximate surface area is 184 Å². The number of aryl methyl sites for hydroxylation is 2. The third kappa shape index (κ3) is 5.42. The zero-order valence-electron chi connectivity index (χ0n) is 18.1. The van der Waals surface area contributed by atoms with Crippen LogP contribution in [0, 0.1) is 23.5 Å². The van der Waals surface area contributed by atoms with Crippen LogP contribution in [0.4, 0.5) is 8.78 Å². The summed E-state index contributed by atoms with van der Waals surface area (Å²) in [6.07, 6.45) is 8.25. The highest BCUT2D eigenvalue weighted by molar-refractivity contribution is 5.47. The maximum Gasteiger partial charge on any atom is 0.160 e. The van der Waals surface area contributed by atoms with Gasteiger partial charge in [0.15, 0.2) is 11.6 Å². The van der Waals surface area contributed by atoms with Crippen LogP contribution in [0.25, 0.3) is 0 Å². The van der Waals surface area contributed by atoms with Crippen LogP contribution in [0.5, 0.6) is 0 Å². The van der Waals surface area contributed by atoms with Crippen molar-refractivity contribution < 1.29 is 8.78 Å². The third-order valence-corrected chi connectivity index (χ3v) is 6.23. The SMILES string of the molecule is CCCCCc1ccc(C2CCc3cc(C#Cc4ccc(F)c(F)c4)ccc3C2)cc1. The first-order valence-corrected chi connectivity index (χ1v) is 11.3. The summed E-state index contributed by atoms with van der Waals surface area (Å²) in [5.41, 5.74) is 7.02. The molecular weight excluding hydrogens is 386 g/mol. The normalized spacial score (nSPS) is 15.1. The molecule has 2 heteroatoms. The lowest BCUT2D eigenvalue weighted by Gasteiger charge is -2.25. The lowest BCUT2D eigenvalue weighted by molar-refractivity contribution is 0.508. The average Bonchev–Trinajstić information content (AvgIpc) is 2.80. The van der Waals surface area contributed by atoms with E-state index in [4.69, 9.17) is 0 Å². The van der Waals surface area contributed by atoms with Crippen molar-refractivity contribution in [3.63, 3.8) is 0 Å². The van der Waals surface area contributed by atoms with E-state index in [1.165, 1.54) is 54.0 Å². The Hall–Kier alpha value is -2.92. The maximum absolute atomic E-state index is 13.4. The highest BCUT2D eigenvalue weighted by atomic mass is 19.2. The van der Waals surface area contributed by atoms with Gasteiger partial charge in [-0.3, -0.25) is 0 Å². The van der Waals surface area contributed by atoms with Gasteiger partial charge in [0.25, 0.3) is 0 Å². The van der Waals surface area contributed by atoms with E-state index in [9.17, 15) is 8.78 Å². The Bertz CT molecular complexity index is 1100. The van der Waals surface area contributed by atoms with Crippen molar-refractivity contribution in [3.8, 4) is 11.8 Å². The molecule has 0 heterocycles. The highest BCUT2D eigenvalue weighted by Crippen LogP contribution is 2.33. The van der Waals surface area contributed by atoms with E-state index in [2.05, 4.69) is 55.2 Å². The van der Waals surface area contributed by atoms with Gasteiger partial charge in [0, 0.05) is 11.1 Å². The average molecular weight is 415 g/mol. The second kappa shape index (κ2) is 9.92. The summed E-state index contributed by atoms with van der Waals surface area (Å²) in [6, 6.07) is 19.4. The molecule has 1 aliphatic rings. The Morgan fingerprint density at radius 2 is 1.55 bits per heavy atom. The lowest BCUT2D eigenvalue weighted by atomic mass is 9.79. The first kappa shape index (κ1) is 21.3. The molecule has 0 saturated carbocycles. The molecule has 158 valence electrons. The van der Waals surface area contributed by atoms with Crippen LogP contribution in [0.15, 0.2) is 60.7 Å². The quantitative estimate of drug-likeness (QED) is 0.302. The molecule has 0 amide bonds. The predicted octanol–water partition coefficient (Wildman–Crippen LogP) is 7.37. The molecule has 0 saturated heterocycles. The number of halogens is 2. The zero-order valence-corrected chi connectivity index (χ0v) is 18.1. The summed E-state index contributed by atoms with van der Waals surface area (Å²) in [5, 5.41) is 0. The van der Waals surface area contributed by atoms with Gasteiger partial charge in [0.1, 0.15) is 0 Å². The minimum Gasteiger partial charge on any atom is -0.204 e. The smallest absolute Gasteiger partial charge is 0.160 e. The number of unbranched alkanes of at least 4 members (excludes halogenated alkanes) is 2. The van der Waals surface area contributed by atoms with Crippen molar-refractivity contribution in [3.05, 3.63) is 106 Å². The first-order valence-electron chi connectivity index (χ1n) is 11.3. The van der Waals surface area contributed by atoms with Gasteiger partial charge in [-0.25, -0.2) is 8.78 Å². The van der Waals surface area contributed by atoms with Crippen molar-refractivity contribution in [2.24, 2.45) is 0 Å². The number of benzene rings is 3. The monoisotopic (exact) mass is 414 g/mol. The third-order valence-electron chi connectivity index (χ3n) is 6.23. The molecule has 0 aliphatic heterocycles. The van der Waals surface area contributed by atoms with Gasteiger partial charge in [-0.05, 0) is 90.6 Å². The molecule has 3 aromatic rings. The number of rotatable bonds is 5. The van der Waals surface area contributed by atoms with E-state index in [1.54, 1.807) is 0 Å². The van der Waals surface area contributed by atoms with Gasteiger partial charge >= 0.3 is 0 Å². The molecule has 1 unspecified atom stereocenters. The minimum atomic E-state index is -0.864. The molecule has 0 aromatic heterocycles. The van der Waals surface area contributed by atoms with Gasteiger partial charge in [-0.1, -0.05) is 61.9 Å². The van der Waals surface area contributed by atoms with Crippen molar-refractivity contribution in [2.75, 3.05) is 0 Å². The molecule has 1 aliphatic carbocycles. The standard InChI is InChI=1S/C29H28F2/c1-2-3-4-5-21-8-12-24(13-9-21)26-16-15-25-18-22(10-14-27(25)20-26)6-7-23-11-17-28(30)29(31)19-23/h8-14,17-19,26H,2-5,15-16,20H2,1H3. The predicted molar refractivity (Wildman–Crippen MR) is 123 cm³/mol. The van der Waals surface area contributed by atoms with E-state index in [1.807, 2.05) is 6.07 Å². The fraction of sp³-hybridized carbons (Fsp3) is 0.310. The summed E-state index contributed by atoms with van der Waals surface area (Å²) in [6.45, 7) is 2.24. The second-order valence-corrected chi connectivity index (χ2v) is 8.50. The van der Waals surface area contributed by atoms with Crippen molar-refractivity contribution in [1.82, 2.24) is 0 Å². The van der Waals surface area contributed by atoms with Crippen LogP contribution in [-0.4, -0.2) is 0 Å². The molecule has 4 rings (SSSR count). The van der Waals surface area contributed by atoms with Gasteiger partial charge in [-0.15, -0.1) is 0 Å². The summed E-state index contributed by atoms with van der Waals surface area (Å²) in [5.74, 6) is 4.88. The van der Waals surface area contributed by atoms with Crippen LogP contribution in [0.3, 0.4) is 0 Å². The van der Waals surface area contributed by atoms with Crippen LogP contribution in [-0.2, 0) is 19.3 Å². The van der Waals surface area contributed by atoms with Crippen molar-refractivity contribution >= 4 is 0 Å². The van der Waals surface area contributed by atoms with Gasteiger partial charge in [0.05, 0.1) is 0 Å². The maximum atomic E-state index is 13.4. The Kier molecular flexibility index (Phi) is 6.82. The first-order chi connectivity index (χ1) is 15.1. The fourth-order valence-electron chi connectivity index (χ4n) is 4.37. The molecule has 31 heavy (non-hydrogen) atoms. The molecule has 0 bridgehead atoms. The van der Waals surface area contributed by atoms with Crippen LogP contribution >= 0.6 is 0 Å². The zero-order chi connectivity index (χ0) is 21.6. The van der Waals surface area contributed by atoms with E-state index in [0.717, 1.165) is 37.0 Å². The Balaban J connectivity index is 1.43. The van der Waals surface area contributed by atoms with E-state index < -0.39 is 11.6 Å². The molecule has 0 radical (unpaired) electrons. The number of hydrogen-bond acceptors (Lipinski definition) is 0. The molecule has 1 atom stereocenters. The lowest BCUT2D eigenvalue weighted by Crippen LogP contribution is -2.13. The minimum absolute atomic E-state index is 0.481. The van der Waals surface area contributed by atoms with Gasteiger partial charge < -0.3 is 0 Å². The fourth-order valence-corrected chi connectivity index (χ4v) is 4.37. The van der Waals surface area contributed by atoms with Crippen molar-refractivity contribution in [2.45, 2.75) is 57.8 Å². The van der Waals surface area contributed by atoms with Gasteiger partial charge in [0.2, 0.25) is 0 Å². The largest absolute Gasteiger partial charge is 0.204 e. The molecule has 3 aromatic carbocycles. The topological polar surface area (TPSA) is 0 Å². The van der Waals surface area contributed by atoms with E-state index in [-0.39, 0.29) is 0 Å². The molecule has 0 spiro atoms. The second-order valence-electron chi connectivity index (χ2n) is 8.50. The van der Waals surface area contributed by atoms with Crippen LogP contribution in [0.1, 0.15) is 71.9 Å². The molecule has 0 N–H and O–H groups in total. The van der Waals surface area contributed by atoms with Crippen molar-refractivity contribution in [1.29, 1.82) is 0 Å². The molecular formula is C29H28F2. The molecule has 0 nitrogen and oxygen atoms in total. The summed E-state index contributed by atoms with van der Waals surface area (Å²) < 4.78 is 26.4. The van der Waals surface area contributed by atoms with E-state index >= 15 is 0 Å². The number of fused-ring (bicyclic) bond motifs is 1. The van der Waals surface area contributed by atoms with Gasteiger partial charge in [-0.2, -0.15) is 0 Å². The Morgan fingerprint density at radius 3 is 2.29 bits per heavy atom. The summed E-state index contributed by atoms with van der Waals surface area (Å²) in [7, 11) is 0. The molecule has 0 fully saturated rings. The Morgan fingerprint density at radius 1 is 0.806 bits per heavy atom. The van der Waals surface area contributed by atoms with E-state index in [0.29, 0.717) is 11.5 Å². The summed E-state index contributed by atoms with van der Waals surface area (Å²) >= 11 is 0.